The van der Waals surface area contributed by atoms with Gasteiger partial charge in [-0.15, -0.1) is 11.6 Å². The van der Waals surface area contributed by atoms with Gasteiger partial charge in [0.1, 0.15) is 0 Å². The van der Waals surface area contributed by atoms with Crippen molar-refractivity contribution in [3.8, 4) is 0 Å². The van der Waals surface area contributed by atoms with Gasteiger partial charge < -0.3 is 0 Å². The first-order valence-corrected chi connectivity index (χ1v) is 9.21. The number of halogens is 1. The molecule has 3 atom stereocenters. The highest BCUT2D eigenvalue weighted by Crippen LogP contribution is 2.36. The molecule has 1 saturated carbocycles. The van der Waals surface area contributed by atoms with Crippen LogP contribution in [0.5, 0.6) is 0 Å². The van der Waals surface area contributed by atoms with Crippen molar-refractivity contribution in [1.29, 1.82) is 0 Å². The van der Waals surface area contributed by atoms with Gasteiger partial charge in [-0.2, -0.15) is 0 Å². The molecule has 0 spiro atoms. The van der Waals surface area contributed by atoms with Crippen molar-refractivity contribution in [3.05, 3.63) is 0 Å². The van der Waals surface area contributed by atoms with Crippen LogP contribution < -0.4 is 0 Å². The van der Waals surface area contributed by atoms with Gasteiger partial charge in [0.05, 0.1) is 5.75 Å². The van der Waals surface area contributed by atoms with Gasteiger partial charge >= 0.3 is 0 Å². The van der Waals surface area contributed by atoms with Crippen LogP contribution in [0.25, 0.3) is 0 Å². The number of hydrogen-bond donors (Lipinski definition) is 0. The number of nitrogens with zero attached hydrogens (tertiary/aromatic N) is 1. The molecule has 0 amide bonds. The summed E-state index contributed by atoms with van der Waals surface area (Å²) in [4.78, 5) is 0. The normalized spacial score (nSPS) is 31.9. The van der Waals surface area contributed by atoms with Gasteiger partial charge in [-0.05, 0) is 30.6 Å². The molecule has 2 fully saturated rings. The van der Waals surface area contributed by atoms with E-state index >= 15 is 0 Å². The SMILES string of the molecule is CC(CCl)CS(=O)(=O)N1CCC2CCCCC2C1. The predicted octanol–water partition coefficient (Wildman–Crippen LogP) is 2.70. The highest BCUT2D eigenvalue weighted by molar-refractivity contribution is 7.89. The molecular formula is C13H24ClNO2S. The quantitative estimate of drug-likeness (QED) is 0.748. The minimum absolute atomic E-state index is 0.0424. The number of piperidine rings is 1. The van der Waals surface area contributed by atoms with Crippen LogP contribution in [0.15, 0.2) is 0 Å². The molecule has 0 radical (unpaired) electrons. The van der Waals surface area contributed by atoms with E-state index in [1.807, 2.05) is 6.92 Å². The average Bonchev–Trinajstić information content (AvgIpc) is 2.37. The summed E-state index contributed by atoms with van der Waals surface area (Å²) in [6.45, 7) is 3.37. The molecule has 0 bridgehead atoms. The molecule has 106 valence electrons. The first-order chi connectivity index (χ1) is 8.53. The van der Waals surface area contributed by atoms with Crippen LogP contribution in [0.2, 0.25) is 0 Å². The molecule has 1 aliphatic heterocycles. The Morgan fingerprint density at radius 1 is 1.22 bits per heavy atom. The zero-order valence-corrected chi connectivity index (χ0v) is 12.7. The number of sulfonamides is 1. The van der Waals surface area contributed by atoms with Crippen molar-refractivity contribution in [2.45, 2.75) is 39.0 Å². The molecule has 1 heterocycles. The van der Waals surface area contributed by atoms with Crippen LogP contribution in [-0.2, 0) is 10.0 Å². The summed E-state index contributed by atoms with van der Waals surface area (Å²) in [5.41, 5.74) is 0. The minimum Gasteiger partial charge on any atom is -0.212 e. The fraction of sp³-hybridized carbons (Fsp3) is 1.00. The van der Waals surface area contributed by atoms with Gasteiger partial charge in [-0.1, -0.05) is 26.2 Å². The Kier molecular flexibility index (Phi) is 4.95. The van der Waals surface area contributed by atoms with E-state index in [0.717, 1.165) is 25.4 Å². The Morgan fingerprint density at radius 2 is 1.89 bits per heavy atom. The van der Waals surface area contributed by atoms with E-state index in [-0.39, 0.29) is 11.7 Å². The molecule has 5 heteroatoms. The number of alkyl halides is 1. The Bertz CT molecular complexity index is 371. The number of fused-ring (bicyclic) bond motifs is 1. The molecule has 18 heavy (non-hydrogen) atoms. The van der Waals surface area contributed by atoms with E-state index in [1.165, 1.54) is 25.7 Å². The molecule has 1 aliphatic carbocycles. The molecule has 3 unspecified atom stereocenters. The topological polar surface area (TPSA) is 37.4 Å². The second-order valence-electron chi connectivity index (χ2n) is 5.99. The summed E-state index contributed by atoms with van der Waals surface area (Å²) < 4.78 is 26.3. The van der Waals surface area contributed by atoms with Crippen molar-refractivity contribution in [3.63, 3.8) is 0 Å². The van der Waals surface area contributed by atoms with Crippen molar-refractivity contribution in [2.75, 3.05) is 24.7 Å². The molecule has 0 aromatic rings. The molecule has 0 aromatic carbocycles. The van der Waals surface area contributed by atoms with Gasteiger partial charge in [0, 0.05) is 19.0 Å². The van der Waals surface area contributed by atoms with Crippen molar-refractivity contribution in [2.24, 2.45) is 17.8 Å². The molecule has 1 saturated heterocycles. The van der Waals surface area contributed by atoms with Crippen LogP contribution >= 0.6 is 11.6 Å². The first-order valence-electron chi connectivity index (χ1n) is 7.06. The maximum Gasteiger partial charge on any atom is 0.214 e. The fourth-order valence-electron chi connectivity index (χ4n) is 3.33. The summed E-state index contributed by atoms with van der Waals surface area (Å²) in [6.07, 6.45) is 6.17. The van der Waals surface area contributed by atoms with Gasteiger partial charge in [0.15, 0.2) is 0 Å². The number of hydrogen-bond acceptors (Lipinski definition) is 2. The Balaban J connectivity index is 1.97. The molecule has 0 N–H and O–H groups in total. The van der Waals surface area contributed by atoms with E-state index < -0.39 is 10.0 Å². The van der Waals surface area contributed by atoms with Crippen molar-refractivity contribution >= 4 is 21.6 Å². The lowest BCUT2D eigenvalue weighted by Gasteiger charge is -2.40. The Hall–Kier alpha value is 0.200. The van der Waals surface area contributed by atoms with E-state index in [1.54, 1.807) is 4.31 Å². The van der Waals surface area contributed by atoms with E-state index in [0.29, 0.717) is 11.8 Å². The third-order valence-electron chi connectivity index (χ3n) is 4.41. The second kappa shape index (κ2) is 6.10. The van der Waals surface area contributed by atoms with Crippen LogP contribution in [0.4, 0.5) is 0 Å². The molecule has 0 aromatic heterocycles. The van der Waals surface area contributed by atoms with E-state index in [2.05, 4.69) is 0 Å². The highest BCUT2D eigenvalue weighted by Gasteiger charge is 2.36. The Morgan fingerprint density at radius 3 is 2.56 bits per heavy atom. The third-order valence-corrected chi connectivity index (χ3v) is 7.04. The van der Waals surface area contributed by atoms with Gasteiger partial charge in [-0.25, -0.2) is 12.7 Å². The predicted molar refractivity (Wildman–Crippen MR) is 75.3 cm³/mol. The highest BCUT2D eigenvalue weighted by atomic mass is 35.5. The summed E-state index contributed by atoms with van der Waals surface area (Å²) in [5, 5.41) is 0. The first kappa shape index (κ1) is 14.6. The van der Waals surface area contributed by atoms with Gasteiger partial charge in [0.25, 0.3) is 0 Å². The van der Waals surface area contributed by atoms with Crippen LogP contribution in [0, 0.1) is 17.8 Å². The van der Waals surface area contributed by atoms with Crippen LogP contribution in [0.3, 0.4) is 0 Å². The minimum atomic E-state index is -3.10. The molecule has 2 aliphatic rings. The second-order valence-corrected chi connectivity index (χ2v) is 8.31. The van der Waals surface area contributed by atoms with Crippen molar-refractivity contribution < 1.29 is 8.42 Å². The molecule has 2 rings (SSSR count). The smallest absolute Gasteiger partial charge is 0.212 e. The lowest BCUT2D eigenvalue weighted by Crippen LogP contribution is -2.46. The Labute approximate surface area is 116 Å². The zero-order chi connectivity index (χ0) is 13.2. The van der Waals surface area contributed by atoms with Crippen LogP contribution in [-0.4, -0.2) is 37.4 Å². The zero-order valence-electron chi connectivity index (χ0n) is 11.1. The van der Waals surface area contributed by atoms with E-state index in [9.17, 15) is 8.42 Å². The number of rotatable bonds is 4. The summed E-state index contributed by atoms with van der Waals surface area (Å²) >= 11 is 5.72. The maximum absolute atomic E-state index is 12.3. The lowest BCUT2D eigenvalue weighted by molar-refractivity contribution is 0.136. The largest absolute Gasteiger partial charge is 0.214 e. The monoisotopic (exact) mass is 293 g/mol. The lowest BCUT2D eigenvalue weighted by atomic mass is 9.76. The third kappa shape index (κ3) is 3.40. The fourth-order valence-corrected chi connectivity index (χ4v) is 5.42. The average molecular weight is 294 g/mol. The van der Waals surface area contributed by atoms with Gasteiger partial charge in [0.2, 0.25) is 10.0 Å². The summed E-state index contributed by atoms with van der Waals surface area (Å²) in [7, 11) is -3.10. The standard InChI is InChI=1S/C13H24ClNO2S/c1-11(8-14)10-18(16,17)15-7-6-12-4-2-3-5-13(12)9-15/h11-13H,2-10H2,1H3. The van der Waals surface area contributed by atoms with Crippen molar-refractivity contribution in [1.82, 2.24) is 4.31 Å². The molecular weight excluding hydrogens is 270 g/mol. The van der Waals surface area contributed by atoms with Gasteiger partial charge in [-0.3, -0.25) is 0 Å². The van der Waals surface area contributed by atoms with Crippen LogP contribution in [0.1, 0.15) is 39.0 Å². The summed E-state index contributed by atoms with van der Waals surface area (Å²) in [5.74, 6) is 2.04. The van der Waals surface area contributed by atoms with E-state index in [4.69, 9.17) is 11.6 Å². The maximum atomic E-state index is 12.3. The summed E-state index contributed by atoms with van der Waals surface area (Å²) in [6, 6.07) is 0. The molecule has 3 nitrogen and oxygen atoms in total.